The molecule has 2 unspecified atom stereocenters. The van der Waals surface area contributed by atoms with Crippen LogP contribution in [0, 0.1) is 0 Å². The highest BCUT2D eigenvalue weighted by atomic mass is 127. The smallest absolute Gasteiger partial charge is 0.191 e. The van der Waals surface area contributed by atoms with Crippen molar-refractivity contribution in [2.75, 3.05) is 50.8 Å². The van der Waals surface area contributed by atoms with Gasteiger partial charge >= 0.3 is 0 Å². The predicted molar refractivity (Wildman–Crippen MR) is 142 cm³/mol. The second-order valence-electron chi connectivity index (χ2n) is 8.50. The van der Waals surface area contributed by atoms with Gasteiger partial charge in [-0.3, -0.25) is 4.90 Å². The van der Waals surface area contributed by atoms with Crippen molar-refractivity contribution in [2.24, 2.45) is 4.99 Å². The molecule has 2 fully saturated rings. The Balaban J connectivity index is 0.00000306. The van der Waals surface area contributed by atoms with Crippen molar-refractivity contribution >= 4 is 35.8 Å². The molecule has 0 bridgehead atoms. The van der Waals surface area contributed by atoms with Crippen LogP contribution in [0.4, 0.5) is 5.82 Å². The second-order valence-corrected chi connectivity index (χ2v) is 8.50. The quantitative estimate of drug-likeness (QED) is 0.287. The minimum atomic E-state index is 0. The maximum Gasteiger partial charge on any atom is 0.191 e. The molecule has 8 nitrogen and oxygen atoms in total. The van der Waals surface area contributed by atoms with Gasteiger partial charge in [0, 0.05) is 32.4 Å². The molecule has 2 N–H and O–H groups in total. The molecule has 33 heavy (non-hydrogen) atoms. The molecule has 4 rings (SSSR count). The van der Waals surface area contributed by atoms with Gasteiger partial charge in [-0.25, -0.2) is 9.98 Å². The standard InChI is InChI=1S/C24H36N6O2.HI/c1-3-25-24(28-17-21(22-7-6-13-32-22)29-10-4-5-11-29)27-16-20-8-9-26-23(15-20)30-12-14-31-19(2)18-30;/h6-9,13,15,19,21H,3-5,10-12,14,16-18H2,1-2H3,(H2,25,27,28);1H. The van der Waals surface area contributed by atoms with Gasteiger partial charge in [0.1, 0.15) is 11.6 Å². The van der Waals surface area contributed by atoms with Gasteiger partial charge in [-0.05, 0) is 69.6 Å². The van der Waals surface area contributed by atoms with Crippen LogP contribution in [-0.2, 0) is 11.3 Å². The monoisotopic (exact) mass is 568 g/mol. The maximum atomic E-state index is 5.75. The highest BCUT2D eigenvalue weighted by molar-refractivity contribution is 14.0. The number of guanidine groups is 1. The summed E-state index contributed by atoms with van der Waals surface area (Å²) in [7, 11) is 0. The third kappa shape index (κ3) is 7.31. The zero-order valence-electron chi connectivity index (χ0n) is 19.7. The summed E-state index contributed by atoms with van der Waals surface area (Å²) < 4.78 is 11.4. The highest BCUT2D eigenvalue weighted by Gasteiger charge is 2.25. The summed E-state index contributed by atoms with van der Waals surface area (Å²) in [5.74, 6) is 2.83. The fraction of sp³-hybridized carbons (Fsp3) is 0.583. The summed E-state index contributed by atoms with van der Waals surface area (Å²) >= 11 is 0. The zero-order chi connectivity index (χ0) is 22.2. The van der Waals surface area contributed by atoms with Crippen LogP contribution >= 0.6 is 24.0 Å². The Labute approximate surface area is 214 Å². The zero-order valence-corrected chi connectivity index (χ0v) is 22.0. The number of likely N-dealkylation sites (tertiary alicyclic amines) is 1. The van der Waals surface area contributed by atoms with Crippen LogP contribution in [0.1, 0.15) is 44.1 Å². The summed E-state index contributed by atoms with van der Waals surface area (Å²) in [5.41, 5.74) is 1.15. The van der Waals surface area contributed by atoms with E-state index in [4.69, 9.17) is 14.1 Å². The number of nitrogens with zero attached hydrogens (tertiary/aromatic N) is 4. The molecule has 0 aromatic carbocycles. The van der Waals surface area contributed by atoms with Crippen LogP contribution in [-0.4, -0.2) is 67.8 Å². The van der Waals surface area contributed by atoms with E-state index in [9.17, 15) is 0 Å². The molecule has 0 radical (unpaired) electrons. The van der Waals surface area contributed by atoms with Gasteiger partial charge in [0.15, 0.2) is 5.96 Å². The average molecular weight is 569 g/mol. The summed E-state index contributed by atoms with van der Waals surface area (Å²) in [6, 6.07) is 8.43. The van der Waals surface area contributed by atoms with E-state index in [2.05, 4.69) is 51.4 Å². The van der Waals surface area contributed by atoms with E-state index in [1.807, 2.05) is 18.3 Å². The molecule has 2 aromatic heterocycles. The van der Waals surface area contributed by atoms with E-state index in [-0.39, 0.29) is 36.1 Å². The normalized spacial score (nSPS) is 20.4. The first-order chi connectivity index (χ1) is 15.7. The van der Waals surface area contributed by atoms with Gasteiger partial charge in [-0.1, -0.05) is 0 Å². The van der Waals surface area contributed by atoms with Crippen LogP contribution in [0.25, 0.3) is 0 Å². The lowest BCUT2D eigenvalue weighted by Crippen LogP contribution is -2.42. The van der Waals surface area contributed by atoms with E-state index >= 15 is 0 Å². The largest absolute Gasteiger partial charge is 0.468 e. The van der Waals surface area contributed by atoms with Gasteiger partial charge in [0.05, 0.1) is 31.6 Å². The van der Waals surface area contributed by atoms with Gasteiger partial charge in [0.2, 0.25) is 0 Å². The Kier molecular flexibility index (Phi) is 10.3. The number of hydrogen-bond donors (Lipinski definition) is 2. The molecule has 9 heteroatoms. The van der Waals surface area contributed by atoms with Crippen molar-refractivity contribution in [1.82, 2.24) is 20.5 Å². The number of halogens is 1. The Morgan fingerprint density at radius 3 is 2.82 bits per heavy atom. The van der Waals surface area contributed by atoms with E-state index < -0.39 is 0 Å². The minimum Gasteiger partial charge on any atom is -0.468 e. The van der Waals surface area contributed by atoms with E-state index in [0.717, 1.165) is 69.0 Å². The molecular formula is C24H37IN6O2. The molecule has 2 atom stereocenters. The van der Waals surface area contributed by atoms with Gasteiger partial charge in [0.25, 0.3) is 0 Å². The number of aliphatic imine (C=N–C) groups is 1. The summed E-state index contributed by atoms with van der Waals surface area (Å²) in [5, 5.41) is 6.91. The average Bonchev–Trinajstić information content (AvgIpc) is 3.53. The topological polar surface area (TPSA) is 78.2 Å². The minimum absolute atomic E-state index is 0. The fourth-order valence-corrected chi connectivity index (χ4v) is 4.41. The highest BCUT2D eigenvalue weighted by Crippen LogP contribution is 2.25. The lowest BCUT2D eigenvalue weighted by molar-refractivity contribution is 0.0529. The Morgan fingerprint density at radius 1 is 1.24 bits per heavy atom. The third-order valence-electron chi connectivity index (χ3n) is 6.05. The first-order valence-corrected chi connectivity index (χ1v) is 11.8. The summed E-state index contributed by atoms with van der Waals surface area (Å²) in [4.78, 5) is 14.2. The predicted octanol–water partition coefficient (Wildman–Crippen LogP) is 3.41. The molecule has 0 spiro atoms. The molecular weight excluding hydrogens is 531 g/mol. The van der Waals surface area contributed by atoms with Crippen molar-refractivity contribution in [3.63, 3.8) is 0 Å². The van der Waals surface area contributed by atoms with Crippen molar-refractivity contribution in [3.05, 3.63) is 48.0 Å². The molecule has 0 saturated carbocycles. The number of rotatable bonds is 8. The number of ether oxygens (including phenoxy) is 1. The summed E-state index contributed by atoms with van der Waals surface area (Å²) in [6.07, 6.45) is 6.36. The van der Waals surface area contributed by atoms with Crippen LogP contribution in [0.15, 0.2) is 46.1 Å². The van der Waals surface area contributed by atoms with Crippen LogP contribution in [0.3, 0.4) is 0 Å². The molecule has 2 aromatic rings. The van der Waals surface area contributed by atoms with Gasteiger partial charge < -0.3 is 24.7 Å². The van der Waals surface area contributed by atoms with Crippen molar-refractivity contribution in [2.45, 2.75) is 45.4 Å². The first kappa shape index (κ1) is 25.8. The number of furan rings is 1. The fourth-order valence-electron chi connectivity index (χ4n) is 4.41. The third-order valence-corrected chi connectivity index (χ3v) is 6.05. The molecule has 0 aliphatic carbocycles. The molecule has 182 valence electrons. The molecule has 2 aliphatic heterocycles. The number of nitrogens with one attached hydrogen (secondary N) is 2. The number of anilines is 1. The maximum absolute atomic E-state index is 5.75. The molecule has 2 aliphatic rings. The number of aromatic nitrogens is 1. The number of morpholine rings is 1. The Bertz CT molecular complexity index is 856. The van der Waals surface area contributed by atoms with Crippen molar-refractivity contribution in [3.8, 4) is 0 Å². The Morgan fingerprint density at radius 2 is 2.09 bits per heavy atom. The van der Waals surface area contributed by atoms with Crippen molar-refractivity contribution < 1.29 is 9.15 Å². The lowest BCUT2D eigenvalue weighted by Gasteiger charge is -2.32. The van der Waals surface area contributed by atoms with Crippen LogP contribution < -0.4 is 15.5 Å². The SMILES string of the molecule is CCNC(=NCc1ccnc(N2CCOC(C)C2)c1)NCC(c1ccco1)N1CCCC1.I. The molecule has 4 heterocycles. The summed E-state index contributed by atoms with van der Waals surface area (Å²) in [6.45, 7) is 11.1. The van der Waals surface area contributed by atoms with Gasteiger partial charge in [-0.15, -0.1) is 24.0 Å². The van der Waals surface area contributed by atoms with Crippen LogP contribution in [0.5, 0.6) is 0 Å². The van der Waals surface area contributed by atoms with E-state index in [1.54, 1.807) is 6.26 Å². The second kappa shape index (κ2) is 13.1. The number of pyridine rings is 1. The first-order valence-electron chi connectivity index (χ1n) is 11.8. The van der Waals surface area contributed by atoms with Crippen LogP contribution in [0.2, 0.25) is 0 Å². The lowest BCUT2D eigenvalue weighted by atomic mass is 10.2. The van der Waals surface area contributed by atoms with Gasteiger partial charge in [-0.2, -0.15) is 0 Å². The molecule has 2 saturated heterocycles. The number of hydrogen-bond acceptors (Lipinski definition) is 6. The van der Waals surface area contributed by atoms with Crippen molar-refractivity contribution in [1.29, 1.82) is 0 Å². The van der Waals surface area contributed by atoms with E-state index in [0.29, 0.717) is 6.54 Å². The molecule has 0 amide bonds. The Hall–Kier alpha value is -1.85. The van der Waals surface area contributed by atoms with E-state index in [1.165, 1.54) is 12.8 Å².